The second kappa shape index (κ2) is 18.8. The van der Waals surface area contributed by atoms with Crippen LogP contribution in [0.4, 0.5) is 25.2 Å². The summed E-state index contributed by atoms with van der Waals surface area (Å²) in [5.41, 5.74) is 1.29. The summed E-state index contributed by atoms with van der Waals surface area (Å²) in [4.78, 5) is 38.6. The van der Waals surface area contributed by atoms with E-state index in [-0.39, 0.29) is 36.4 Å². The predicted molar refractivity (Wildman–Crippen MR) is 184 cm³/mol. The molecular formula is C37H48F2N4O8. The van der Waals surface area contributed by atoms with E-state index in [1.54, 1.807) is 39.1 Å². The van der Waals surface area contributed by atoms with Gasteiger partial charge in [-0.15, -0.1) is 0 Å². The number of hydrogen-bond donors (Lipinski definition) is 2. The first-order valence-corrected chi connectivity index (χ1v) is 17.3. The van der Waals surface area contributed by atoms with Gasteiger partial charge in [-0.05, 0) is 94.3 Å². The summed E-state index contributed by atoms with van der Waals surface area (Å²) in [6.45, 7) is 10.7. The Bertz CT molecular complexity index is 1570. The summed E-state index contributed by atoms with van der Waals surface area (Å²) >= 11 is 0. The van der Waals surface area contributed by atoms with E-state index in [4.69, 9.17) is 23.7 Å². The molecule has 278 valence electrons. The van der Waals surface area contributed by atoms with Crippen LogP contribution in [0.15, 0.2) is 48.8 Å². The number of alkyl halides is 2. The van der Waals surface area contributed by atoms with Gasteiger partial charge in [0.1, 0.15) is 23.8 Å². The van der Waals surface area contributed by atoms with E-state index in [0.29, 0.717) is 68.3 Å². The normalized spacial score (nSPS) is 17.8. The zero-order valence-electron chi connectivity index (χ0n) is 29.8. The van der Waals surface area contributed by atoms with Gasteiger partial charge in [0.2, 0.25) is 0 Å². The maximum atomic E-state index is 13.1. The second-order valence-corrected chi connectivity index (χ2v) is 13.0. The fourth-order valence-electron chi connectivity index (χ4n) is 5.79. The minimum absolute atomic E-state index is 0.00684. The van der Waals surface area contributed by atoms with Crippen LogP contribution >= 0.6 is 0 Å². The molecule has 0 aliphatic heterocycles. The van der Waals surface area contributed by atoms with Crippen molar-refractivity contribution < 1.29 is 47.2 Å². The van der Waals surface area contributed by atoms with Gasteiger partial charge in [0.15, 0.2) is 0 Å². The Morgan fingerprint density at radius 2 is 1.69 bits per heavy atom. The van der Waals surface area contributed by atoms with Crippen molar-refractivity contribution in [1.82, 2.24) is 15.0 Å². The number of aromatic nitrogens is 3. The number of halogens is 2. The number of rotatable bonds is 17. The number of anilines is 2. The quantitative estimate of drug-likeness (QED) is 0.0822. The minimum Gasteiger partial charge on any atom is -0.432 e. The SMILES string of the molecule is CCOCCOCCOC(=O)OC(OC(=O)C1CCC([C@@](C)(O)c2ccc(-c3cc(C)cc(Nc4cc(C(F)F)ccn4)n3)cn2)CC1)C(C)C. The molecule has 0 aromatic carbocycles. The number of esters is 1. The number of carbonyl (C=O) groups excluding carboxylic acids is 2. The van der Waals surface area contributed by atoms with Crippen LogP contribution in [0, 0.1) is 24.7 Å². The van der Waals surface area contributed by atoms with E-state index < -0.39 is 36.4 Å². The number of nitrogens with zero attached hydrogens (tertiary/aromatic N) is 3. The lowest BCUT2D eigenvalue weighted by atomic mass is 9.73. The van der Waals surface area contributed by atoms with Crippen LogP contribution in [0.2, 0.25) is 0 Å². The summed E-state index contributed by atoms with van der Waals surface area (Å²) in [5.74, 6) is -0.629. The van der Waals surface area contributed by atoms with Crippen LogP contribution in [0.25, 0.3) is 11.3 Å². The van der Waals surface area contributed by atoms with Crippen molar-refractivity contribution in [2.75, 3.05) is 38.4 Å². The summed E-state index contributed by atoms with van der Waals surface area (Å²) < 4.78 is 52.7. The van der Waals surface area contributed by atoms with Gasteiger partial charge in [0, 0.05) is 36.0 Å². The predicted octanol–water partition coefficient (Wildman–Crippen LogP) is 7.27. The molecule has 0 saturated heterocycles. The highest BCUT2D eigenvalue weighted by Crippen LogP contribution is 2.41. The highest BCUT2D eigenvalue weighted by Gasteiger charge is 2.40. The van der Waals surface area contributed by atoms with Crippen molar-refractivity contribution in [3.8, 4) is 11.3 Å². The van der Waals surface area contributed by atoms with E-state index in [2.05, 4.69) is 20.3 Å². The molecule has 3 aromatic rings. The molecule has 1 aliphatic rings. The van der Waals surface area contributed by atoms with Gasteiger partial charge in [0.25, 0.3) is 12.7 Å². The molecule has 1 unspecified atom stereocenters. The van der Waals surface area contributed by atoms with E-state index in [9.17, 15) is 23.5 Å². The van der Waals surface area contributed by atoms with Crippen LogP contribution in [0.5, 0.6) is 0 Å². The van der Waals surface area contributed by atoms with Crippen LogP contribution in [-0.4, -0.2) is 71.5 Å². The first-order valence-electron chi connectivity index (χ1n) is 17.3. The minimum atomic E-state index is -2.61. The second-order valence-electron chi connectivity index (χ2n) is 13.0. The molecule has 0 spiro atoms. The first kappa shape index (κ1) is 39.5. The number of aryl methyl sites for hydroxylation is 1. The Labute approximate surface area is 297 Å². The zero-order valence-corrected chi connectivity index (χ0v) is 29.8. The fraction of sp³-hybridized carbons (Fsp3) is 0.541. The van der Waals surface area contributed by atoms with Gasteiger partial charge >= 0.3 is 12.1 Å². The van der Waals surface area contributed by atoms with Gasteiger partial charge < -0.3 is 34.1 Å². The number of hydrogen-bond acceptors (Lipinski definition) is 12. The van der Waals surface area contributed by atoms with E-state index in [0.717, 1.165) is 5.56 Å². The molecule has 1 aliphatic carbocycles. The lowest BCUT2D eigenvalue weighted by molar-refractivity contribution is -0.186. The number of carbonyl (C=O) groups is 2. The molecule has 0 radical (unpaired) electrons. The molecule has 51 heavy (non-hydrogen) atoms. The van der Waals surface area contributed by atoms with Crippen molar-refractivity contribution in [3.05, 3.63) is 65.6 Å². The largest absolute Gasteiger partial charge is 0.511 e. The number of pyridine rings is 3. The van der Waals surface area contributed by atoms with Crippen molar-refractivity contribution in [2.24, 2.45) is 17.8 Å². The van der Waals surface area contributed by atoms with Crippen molar-refractivity contribution in [2.45, 2.75) is 78.6 Å². The molecule has 0 amide bonds. The monoisotopic (exact) mass is 714 g/mol. The van der Waals surface area contributed by atoms with Crippen LogP contribution in [0.3, 0.4) is 0 Å². The Morgan fingerprint density at radius 3 is 2.35 bits per heavy atom. The van der Waals surface area contributed by atoms with Gasteiger partial charge in [-0.25, -0.2) is 23.5 Å². The van der Waals surface area contributed by atoms with Gasteiger partial charge in [0.05, 0.1) is 37.1 Å². The highest BCUT2D eigenvalue weighted by atomic mass is 19.3. The first-order chi connectivity index (χ1) is 24.4. The third kappa shape index (κ3) is 11.6. The molecule has 1 saturated carbocycles. The van der Waals surface area contributed by atoms with Gasteiger partial charge in [-0.2, -0.15) is 0 Å². The summed E-state index contributed by atoms with van der Waals surface area (Å²) in [7, 11) is 0. The topological polar surface area (TPSA) is 151 Å². The van der Waals surface area contributed by atoms with Crippen molar-refractivity contribution in [3.63, 3.8) is 0 Å². The molecule has 0 bridgehead atoms. The molecule has 2 N–H and O–H groups in total. The Balaban J connectivity index is 1.29. The molecule has 4 rings (SSSR count). The maximum Gasteiger partial charge on any atom is 0.511 e. The average Bonchev–Trinajstić information content (AvgIpc) is 3.10. The number of ether oxygens (including phenoxy) is 5. The Kier molecular flexibility index (Phi) is 14.6. The van der Waals surface area contributed by atoms with Crippen LogP contribution in [-0.2, 0) is 34.1 Å². The maximum absolute atomic E-state index is 13.1. The summed E-state index contributed by atoms with van der Waals surface area (Å²) in [6, 6.07) is 9.80. The summed E-state index contributed by atoms with van der Waals surface area (Å²) in [6.07, 6.45) is 0.396. The van der Waals surface area contributed by atoms with Crippen molar-refractivity contribution in [1.29, 1.82) is 0 Å². The molecule has 14 heteroatoms. The van der Waals surface area contributed by atoms with Gasteiger partial charge in [-0.3, -0.25) is 9.78 Å². The van der Waals surface area contributed by atoms with Crippen LogP contribution in [0.1, 0.15) is 76.6 Å². The van der Waals surface area contributed by atoms with Crippen molar-refractivity contribution >= 4 is 23.8 Å². The van der Waals surface area contributed by atoms with E-state index in [1.807, 2.05) is 26.0 Å². The average molecular weight is 715 g/mol. The molecule has 3 heterocycles. The zero-order chi connectivity index (χ0) is 37.0. The third-order valence-corrected chi connectivity index (χ3v) is 8.71. The molecule has 3 aromatic heterocycles. The highest BCUT2D eigenvalue weighted by molar-refractivity contribution is 5.73. The molecule has 12 nitrogen and oxygen atoms in total. The molecule has 2 atom stereocenters. The van der Waals surface area contributed by atoms with E-state index in [1.165, 1.54) is 18.3 Å². The lowest BCUT2D eigenvalue weighted by Gasteiger charge is -2.37. The van der Waals surface area contributed by atoms with Crippen LogP contribution < -0.4 is 5.32 Å². The lowest BCUT2D eigenvalue weighted by Crippen LogP contribution is -2.38. The standard InChI is InChI=1S/C37H48F2N4O8/c1-6-47-15-16-48-17-18-49-36(45)51-35(23(2)3)50-34(44)25-7-10-28(11-8-25)37(5,46)30-12-9-27(22-41-30)29-19-24(4)20-32(42-29)43-31-21-26(33(38)39)13-14-40-31/h9,12-14,19-23,25,28,33,35,46H,6-8,10-11,15-18H2,1-5H3,(H,40,42,43)/t25?,28?,35?,37-/m1/s1. The molecule has 1 fully saturated rings. The Morgan fingerprint density at radius 1 is 0.961 bits per heavy atom. The summed E-state index contributed by atoms with van der Waals surface area (Å²) in [5, 5.41) is 14.6. The molecular weight excluding hydrogens is 666 g/mol. The number of aliphatic hydroxyl groups is 1. The Hall–Kier alpha value is -4.27. The smallest absolute Gasteiger partial charge is 0.432 e. The third-order valence-electron chi connectivity index (χ3n) is 8.71. The van der Waals surface area contributed by atoms with Gasteiger partial charge in [-0.1, -0.05) is 13.8 Å². The fourth-order valence-corrected chi connectivity index (χ4v) is 5.79. The van der Waals surface area contributed by atoms with E-state index >= 15 is 0 Å². The number of nitrogens with one attached hydrogen (secondary N) is 1.